The molecular weight excluding hydrogens is 307 g/mol. The number of amides is 1. The van der Waals surface area contributed by atoms with Gasteiger partial charge in [0.15, 0.2) is 5.96 Å². The molecule has 24 heavy (non-hydrogen) atoms. The van der Waals surface area contributed by atoms with Crippen molar-refractivity contribution in [3.8, 4) is 0 Å². The lowest BCUT2D eigenvalue weighted by atomic mass is 9.84. The number of nitrogens with zero attached hydrogens (tertiary/aromatic N) is 2. The van der Waals surface area contributed by atoms with E-state index in [1.54, 1.807) is 24.1 Å². The van der Waals surface area contributed by atoms with Crippen molar-refractivity contribution < 1.29 is 9.18 Å². The standard InChI is InChI=1S/C18H27FN4O/c1-20-17(21-12-14-6-8-15(19)9-7-14)22-13-18(10-4-5-11-18)16(24)23(2)3/h6-9H,4-5,10-13H2,1-3H3,(H2,20,21,22). The van der Waals surface area contributed by atoms with Crippen LogP contribution in [0.25, 0.3) is 0 Å². The molecule has 1 aliphatic rings. The monoisotopic (exact) mass is 334 g/mol. The molecule has 0 aromatic heterocycles. The van der Waals surface area contributed by atoms with Gasteiger partial charge in [-0.3, -0.25) is 9.79 Å². The number of carbonyl (C=O) groups excluding carboxylic acids is 1. The second-order valence-corrected chi connectivity index (χ2v) is 6.59. The van der Waals surface area contributed by atoms with E-state index < -0.39 is 0 Å². The first-order valence-corrected chi connectivity index (χ1v) is 8.37. The SMILES string of the molecule is CN=C(NCc1ccc(F)cc1)NCC1(C(=O)N(C)C)CCCC1. The second kappa shape index (κ2) is 8.13. The van der Waals surface area contributed by atoms with Crippen LogP contribution >= 0.6 is 0 Å². The van der Waals surface area contributed by atoms with Crippen LogP contribution in [-0.2, 0) is 11.3 Å². The summed E-state index contributed by atoms with van der Waals surface area (Å²) in [6.45, 7) is 1.13. The van der Waals surface area contributed by atoms with Gasteiger partial charge < -0.3 is 15.5 Å². The van der Waals surface area contributed by atoms with Crippen molar-refractivity contribution in [1.82, 2.24) is 15.5 Å². The van der Waals surface area contributed by atoms with Gasteiger partial charge in [0.1, 0.15) is 5.82 Å². The third-order valence-corrected chi connectivity index (χ3v) is 4.61. The van der Waals surface area contributed by atoms with Crippen LogP contribution in [0.4, 0.5) is 4.39 Å². The molecule has 1 aromatic carbocycles. The summed E-state index contributed by atoms with van der Waals surface area (Å²) < 4.78 is 12.9. The molecule has 1 aromatic rings. The first kappa shape index (κ1) is 18.2. The van der Waals surface area contributed by atoms with Gasteiger partial charge in [-0.2, -0.15) is 0 Å². The lowest BCUT2D eigenvalue weighted by Gasteiger charge is -2.31. The van der Waals surface area contributed by atoms with E-state index in [0.717, 1.165) is 31.2 Å². The minimum Gasteiger partial charge on any atom is -0.355 e. The van der Waals surface area contributed by atoms with Gasteiger partial charge in [0.2, 0.25) is 5.91 Å². The van der Waals surface area contributed by atoms with Crippen LogP contribution in [-0.4, -0.2) is 44.5 Å². The normalized spacial score (nSPS) is 16.8. The van der Waals surface area contributed by atoms with Gasteiger partial charge in [0.05, 0.1) is 5.41 Å². The maximum atomic E-state index is 12.9. The third kappa shape index (κ3) is 4.46. The molecule has 1 aliphatic carbocycles. The molecule has 0 heterocycles. The number of hydrogen-bond donors (Lipinski definition) is 2. The summed E-state index contributed by atoms with van der Waals surface area (Å²) in [5.41, 5.74) is 0.635. The highest BCUT2D eigenvalue weighted by Crippen LogP contribution is 2.38. The molecule has 1 fully saturated rings. The van der Waals surface area contributed by atoms with E-state index in [2.05, 4.69) is 15.6 Å². The van der Waals surface area contributed by atoms with Crippen LogP contribution in [0.3, 0.4) is 0 Å². The number of guanidine groups is 1. The zero-order chi connectivity index (χ0) is 17.6. The number of benzene rings is 1. The molecule has 0 radical (unpaired) electrons. The summed E-state index contributed by atoms with van der Waals surface area (Å²) >= 11 is 0. The maximum absolute atomic E-state index is 12.9. The molecule has 6 heteroatoms. The van der Waals surface area contributed by atoms with E-state index in [-0.39, 0.29) is 17.1 Å². The van der Waals surface area contributed by atoms with E-state index in [0.29, 0.717) is 19.0 Å². The van der Waals surface area contributed by atoms with Crippen LogP contribution in [0.2, 0.25) is 0 Å². The molecule has 5 nitrogen and oxygen atoms in total. The Morgan fingerprint density at radius 2 is 1.83 bits per heavy atom. The fourth-order valence-electron chi connectivity index (χ4n) is 3.25. The largest absolute Gasteiger partial charge is 0.355 e. The Morgan fingerprint density at radius 3 is 2.38 bits per heavy atom. The fourth-order valence-corrected chi connectivity index (χ4v) is 3.25. The minimum absolute atomic E-state index is 0.182. The van der Waals surface area contributed by atoms with Crippen molar-refractivity contribution in [3.63, 3.8) is 0 Å². The van der Waals surface area contributed by atoms with E-state index in [1.807, 2.05) is 14.1 Å². The number of rotatable bonds is 5. The number of nitrogens with one attached hydrogen (secondary N) is 2. The summed E-state index contributed by atoms with van der Waals surface area (Å²) in [6, 6.07) is 6.36. The van der Waals surface area contributed by atoms with Crippen LogP contribution in [0.15, 0.2) is 29.3 Å². The molecular formula is C18H27FN4O. The Labute approximate surface area is 143 Å². The lowest BCUT2D eigenvalue weighted by molar-refractivity contribution is -0.138. The van der Waals surface area contributed by atoms with Crippen LogP contribution in [0.1, 0.15) is 31.2 Å². The molecule has 0 saturated heterocycles. The van der Waals surface area contributed by atoms with E-state index in [9.17, 15) is 9.18 Å². The summed E-state index contributed by atoms with van der Waals surface area (Å²) in [6.07, 6.45) is 3.99. The average molecular weight is 334 g/mol. The molecule has 1 saturated carbocycles. The predicted octanol–water partition coefficient (Wildman–Crippen LogP) is 2.14. The molecule has 2 rings (SSSR count). The fraction of sp³-hybridized carbons (Fsp3) is 0.556. The second-order valence-electron chi connectivity index (χ2n) is 6.59. The van der Waals surface area contributed by atoms with E-state index in [4.69, 9.17) is 0 Å². The molecule has 0 atom stereocenters. The smallest absolute Gasteiger partial charge is 0.230 e. The number of aliphatic imine (C=N–C) groups is 1. The zero-order valence-corrected chi connectivity index (χ0v) is 14.7. The maximum Gasteiger partial charge on any atom is 0.230 e. The number of hydrogen-bond acceptors (Lipinski definition) is 2. The highest BCUT2D eigenvalue weighted by molar-refractivity contribution is 5.85. The lowest BCUT2D eigenvalue weighted by Crippen LogP contribution is -2.49. The molecule has 0 bridgehead atoms. The van der Waals surface area contributed by atoms with E-state index in [1.165, 1.54) is 12.1 Å². The third-order valence-electron chi connectivity index (χ3n) is 4.61. The Kier molecular flexibility index (Phi) is 6.17. The molecule has 2 N–H and O–H groups in total. The molecule has 1 amide bonds. The molecule has 0 spiro atoms. The van der Waals surface area contributed by atoms with Gasteiger partial charge in [0, 0.05) is 34.2 Å². The summed E-state index contributed by atoms with van der Waals surface area (Å²) in [7, 11) is 5.32. The first-order chi connectivity index (χ1) is 11.5. The summed E-state index contributed by atoms with van der Waals surface area (Å²) in [5.74, 6) is 0.588. The van der Waals surface area contributed by atoms with Crippen molar-refractivity contribution in [2.24, 2.45) is 10.4 Å². The summed E-state index contributed by atoms with van der Waals surface area (Å²) in [4.78, 5) is 18.5. The van der Waals surface area contributed by atoms with Gasteiger partial charge in [0.25, 0.3) is 0 Å². The first-order valence-electron chi connectivity index (χ1n) is 8.37. The summed E-state index contributed by atoms with van der Waals surface area (Å²) in [5, 5.41) is 6.49. The molecule has 0 aliphatic heterocycles. The Balaban J connectivity index is 1.92. The highest BCUT2D eigenvalue weighted by atomic mass is 19.1. The van der Waals surface area contributed by atoms with Crippen LogP contribution < -0.4 is 10.6 Å². The van der Waals surface area contributed by atoms with Gasteiger partial charge >= 0.3 is 0 Å². The van der Waals surface area contributed by atoms with Crippen LogP contribution in [0.5, 0.6) is 0 Å². The van der Waals surface area contributed by atoms with Gasteiger partial charge in [-0.25, -0.2) is 4.39 Å². The van der Waals surface area contributed by atoms with Crippen molar-refractivity contribution >= 4 is 11.9 Å². The molecule has 132 valence electrons. The minimum atomic E-state index is -0.336. The number of carbonyl (C=O) groups is 1. The Hall–Kier alpha value is -2.11. The Bertz CT molecular complexity index is 577. The van der Waals surface area contributed by atoms with Gasteiger partial charge in [-0.1, -0.05) is 25.0 Å². The Morgan fingerprint density at radius 1 is 1.21 bits per heavy atom. The zero-order valence-electron chi connectivity index (χ0n) is 14.7. The van der Waals surface area contributed by atoms with Gasteiger partial charge in [-0.05, 0) is 30.5 Å². The predicted molar refractivity (Wildman–Crippen MR) is 94.2 cm³/mol. The van der Waals surface area contributed by atoms with Crippen molar-refractivity contribution in [3.05, 3.63) is 35.6 Å². The van der Waals surface area contributed by atoms with Crippen LogP contribution in [0, 0.1) is 11.2 Å². The average Bonchev–Trinajstić information content (AvgIpc) is 3.06. The van der Waals surface area contributed by atoms with Crippen molar-refractivity contribution in [1.29, 1.82) is 0 Å². The van der Waals surface area contributed by atoms with Gasteiger partial charge in [-0.15, -0.1) is 0 Å². The topological polar surface area (TPSA) is 56.7 Å². The number of halogens is 1. The highest BCUT2D eigenvalue weighted by Gasteiger charge is 2.42. The van der Waals surface area contributed by atoms with E-state index >= 15 is 0 Å². The van der Waals surface area contributed by atoms with Crippen molar-refractivity contribution in [2.45, 2.75) is 32.2 Å². The van der Waals surface area contributed by atoms with Crippen molar-refractivity contribution in [2.75, 3.05) is 27.7 Å². The molecule has 0 unspecified atom stereocenters. The quantitative estimate of drug-likeness (QED) is 0.641.